The fourth-order valence-corrected chi connectivity index (χ4v) is 2.84. The summed E-state index contributed by atoms with van der Waals surface area (Å²) in [5, 5.41) is 0. The molecule has 1 saturated heterocycles. The molecule has 0 saturated carbocycles. The Morgan fingerprint density at radius 2 is 2.00 bits per heavy atom. The molecule has 0 amide bonds. The van der Waals surface area contributed by atoms with Crippen LogP contribution >= 0.6 is 0 Å². The Kier molecular flexibility index (Phi) is 4.84. The van der Waals surface area contributed by atoms with Crippen LogP contribution in [-0.4, -0.2) is 30.3 Å². The van der Waals surface area contributed by atoms with E-state index in [0.29, 0.717) is 29.4 Å². The predicted molar refractivity (Wildman–Crippen MR) is 94.0 cm³/mol. The zero-order chi connectivity index (χ0) is 17.8. The smallest absolute Gasteiger partial charge is 0.338 e. The van der Waals surface area contributed by atoms with Gasteiger partial charge in [-0.25, -0.2) is 9.78 Å². The maximum absolute atomic E-state index is 12.2. The zero-order valence-corrected chi connectivity index (χ0v) is 14.2. The summed E-state index contributed by atoms with van der Waals surface area (Å²) in [6.07, 6.45) is 2.27. The summed E-state index contributed by atoms with van der Waals surface area (Å²) in [7, 11) is 0. The predicted octanol–water partition coefficient (Wildman–Crippen LogP) is 3.74. The van der Waals surface area contributed by atoms with E-state index >= 15 is 0 Å². The van der Waals surface area contributed by atoms with Crippen LogP contribution in [0.2, 0.25) is 0 Å². The average molecular weight is 353 g/mol. The molecule has 134 valence electrons. The van der Waals surface area contributed by atoms with Gasteiger partial charge in [-0.2, -0.15) is 0 Å². The highest BCUT2D eigenvalue weighted by Gasteiger charge is 2.16. The fraction of sp³-hybridized carbons (Fsp3) is 0.300. The molecule has 1 atom stereocenters. The van der Waals surface area contributed by atoms with Crippen molar-refractivity contribution in [2.24, 2.45) is 0 Å². The third-order valence-corrected chi connectivity index (χ3v) is 4.21. The van der Waals surface area contributed by atoms with Gasteiger partial charge in [-0.1, -0.05) is 12.1 Å². The van der Waals surface area contributed by atoms with Gasteiger partial charge in [0.1, 0.15) is 17.9 Å². The van der Waals surface area contributed by atoms with Gasteiger partial charge in [-0.15, -0.1) is 0 Å². The number of fused-ring (bicyclic) bond motifs is 1. The number of esters is 1. The van der Waals surface area contributed by atoms with Gasteiger partial charge in [0.25, 0.3) is 0 Å². The third-order valence-electron chi connectivity index (χ3n) is 4.21. The lowest BCUT2D eigenvalue weighted by molar-refractivity contribution is 0.0440. The number of hydrogen-bond acceptors (Lipinski definition) is 6. The summed E-state index contributed by atoms with van der Waals surface area (Å²) in [5.41, 5.74) is 1.86. The van der Waals surface area contributed by atoms with Crippen LogP contribution in [0.25, 0.3) is 11.1 Å². The molecule has 6 heteroatoms. The van der Waals surface area contributed by atoms with Crippen molar-refractivity contribution < 1.29 is 23.4 Å². The molecule has 4 rings (SSSR count). The van der Waals surface area contributed by atoms with Gasteiger partial charge in [-0.05, 0) is 49.2 Å². The molecule has 0 bridgehead atoms. The fourth-order valence-electron chi connectivity index (χ4n) is 2.84. The summed E-state index contributed by atoms with van der Waals surface area (Å²) in [6, 6.07) is 14.3. The Bertz CT molecular complexity index is 848. The SMILES string of the molecule is O=C(OCc1nc2ccccc2o1)c1ccc(OCC2CCCO2)cc1. The second-order valence-electron chi connectivity index (χ2n) is 6.12. The minimum atomic E-state index is -0.432. The lowest BCUT2D eigenvalue weighted by atomic mass is 10.2. The first kappa shape index (κ1) is 16.6. The van der Waals surface area contributed by atoms with E-state index in [1.54, 1.807) is 24.3 Å². The number of ether oxygens (including phenoxy) is 3. The molecule has 0 N–H and O–H groups in total. The average Bonchev–Trinajstić information content (AvgIpc) is 3.34. The van der Waals surface area contributed by atoms with Crippen LogP contribution in [0, 0.1) is 0 Å². The molecule has 1 unspecified atom stereocenters. The monoisotopic (exact) mass is 353 g/mol. The van der Waals surface area contributed by atoms with Gasteiger partial charge in [0.15, 0.2) is 12.2 Å². The van der Waals surface area contributed by atoms with Crippen molar-refractivity contribution in [3.8, 4) is 5.75 Å². The summed E-state index contributed by atoms with van der Waals surface area (Å²) < 4.78 is 22.0. The minimum Gasteiger partial charge on any atom is -0.491 e. The molecule has 0 aliphatic carbocycles. The number of rotatable bonds is 6. The van der Waals surface area contributed by atoms with Gasteiger partial charge >= 0.3 is 5.97 Å². The van der Waals surface area contributed by atoms with Crippen LogP contribution in [0.3, 0.4) is 0 Å². The van der Waals surface area contributed by atoms with E-state index in [2.05, 4.69) is 4.98 Å². The zero-order valence-electron chi connectivity index (χ0n) is 14.2. The highest BCUT2D eigenvalue weighted by atomic mass is 16.5. The number of nitrogens with zero attached hydrogens (tertiary/aromatic N) is 1. The number of para-hydroxylation sites is 2. The van der Waals surface area contributed by atoms with Crippen LogP contribution in [0.15, 0.2) is 52.9 Å². The lowest BCUT2D eigenvalue weighted by Gasteiger charge is -2.11. The summed E-state index contributed by atoms with van der Waals surface area (Å²) in [4.78, 5) is 16.4. The van der Waals surface area contributed by atoms with Crippen molar-refractivity contribution in [2.75, 3.05) is 13.2 Å². The number of carbonyl (C=O) groups excluding carboxylic acids is 1. The van der Waals surface area contributed by atoms with Crippen molar-refractivity contribution in [1.29, 1.82) is 0 Å². The largest absolute Gasteiger partial charge is 0.491 e. The van der Waals surface area contributed by atoms with E-state index < -0.39 is 5.97 Å². The highest BCUT2D eigenvalue weighted by molar-refractivity contribution is 5.89. The van der Waals surface area contributed by atoms with Crippen LogP contribution in [0.5, 0.6) is 5.75 Å². The maximum atomic E-state index is 12.2. The quantitative estimate of drug-likeness (QED) is 0.629. The first-order chi connectivity index (χ1) is 12.8. The summed E-state index contributed by atoms with van der Waals surface area (Å²) >= 11 is 0. The van der Waals surface area contributed by atoms with Crippen molar-refractivity contribution in [2.45, 2.75) is 25.6 Å². The molecule has 1 aliphatic heterocycles. The molecule has 1 aromatic heterocycles. The normalized spacial score (nSPS) is 16.7. The van der Waals surface area contributed by atoms with Crippen molar-refractivity contribution in [1.82, 2.24) is 4.98 Å². The Balaban J connectivity index is 1.31. The maximum Gasteiger partial charge on any atom is 0.338 e. The van der Waals surface area contributed by atoms with E-state index in [1.165, 1.54) is 0 Å². The molecule has 0 spiro atoms. The second kappa shape index (κ2) is 7.58. The third kappa shape index (κ3) is 3.86. The molecule has 1 fully saturated rings. The number of benzene rings is 2. The van der Waals surface area contributed by atoms with Gasteiger partial charge in [-0.3, -0.25) is 0 Å². The number of oxazole rings is 1. The van der Waals surface area contributed by atoms with Crippen LogP contribution < -0.4 is 4.74 Å². The van der Waals surface area contributed by atoms with E-state index in [0.717, 1.165) is 25.0 Å². The first-order valence-corrected chi connectivity index (χ1v) is 8.64. The van der Waals surface area contributed by atoms with Gasteiger partial charge in [0.05, 0.1) is 11.7 Å². The van der Waals surface area contributed by atoms with Gasteiger partial charge in [0, 0.05) is 6.61 Å². The van der Waals surface area contributed by atoms with Crippen molar-refractivity contribution >= 4 is 17.1 Å². The molecule has 26 heavy (non-hydrogen) atoms. The van der Waals surface area contributed by atoms with E-state index in [4.69, 9.17) is 18.6 Å². The Morgan fingerprint density at radius 1 is 1.15 bits per heavy atom. The molecule has 2 aromatic carbocycles. The topological polar surface area (TPSA) is 70.8 Å². The highest BCUT2D eigenvalue weighted by Crippen LogP contribution is 2.18. The van der Waals surface area contributed by atoms with Crippen LogP contribution in [-0.2, 0) is 16.1 Å². The molecule has 1 aliphatic rings. The van der Waals surface area contributed by atoms with Crippen molar-refractivity contribution in [3.05, 3.63) is 60.0 Å². The van der Waals surface area contributed by atoms with E-state index in [-0.39, 0.29) is 12.7 Å². The Labute approximate surface area is 150 Å². The lowest BCUT2D eigenvalue weighted by Crippen LogP contribution is -2.16. The standard InChI is InChI=1S/C20H19NO5/c22-20(25-13-19-21-17-5-1-2-6-18(17)26-19)14-7-9-15(10-8-14)24-12-16-4-3-11-23-16/h1-2,5-10,16H,3-4,11-13H2. The Morgan fingerprint density at radius 3 is 2.77 bits per heavy atom. The molecule has 2 heterocycles. The molecular formula is C20H19NO5. The summed E-state index contributed by atoms with van der Waals surface area (Å²) in [6.45, 7) is 1.32. The molecule has 3 aromatic rings. The van der Waals surface area contributed by atoms with Crippen molar-refractivity contribution in [3.63, 3.8) is 0 Å². The van der Waals surface area contributed by atoms with Crippen LogP contribution in [0.4, 0.5) is 0 Å². The molecule has 6 nitrogen and oxygen atoms in total. The molecular weight excluding hydrogens is 334 g/mol. The number of hydrogen-bond donors (Lipinski definition) is 0. The first-order valence-electron chi connectivity index (χ1n) is 8.64. The minimum absolute atomic E-state index is 0.00914. The van der Waals surface area contributed by atoms with Gasteiger partial charge in [0.2, 0.25) is 5.89 Å². The molecule has 0 radical (unpaired) electrons. The number of carbonyl (C=O) groups is 1. The van der Waals surface area contributed by atoms with Gasteiger partial charge < -0.3 is 18.6 Å². The van der Waals surface area contributed by atoms with E-state index in [1.807, 2.05) is 24.3 Å². The second-order valence-corrected chi connectivity index (χ2v) is 6.12. The van der Waals surface area contributed by atoms with E-state index in [9.17, 15) is 4.79 Å². The Hall–Kier alpha value is -2.86. The number of aromatic nitrogens is 1. The van der Waals surface area contributed by atoms with Crippen LogP contribution in [0.1, 0.15) is 29.1 Å². The summed E-state index contributed by atoms with van der Waals surface area (Å²) in [5.74, 6) is 0.644.